The predicted molar refractivity (Wildman–Crippen MR) is 63.5 cm³/mol. The van der Waals surface area contributed by atoms with Crippen molar-refractivity contribution >= 4 is 11.7 Å². The van der Waals surface area contributed by atoms with E-state index in [-0.39, 0.29) is 11.9 Å². The van der Waals surface area contributed by atoms with Crippen LogP contribution >= 0.6 is 0 Å². The van der Waals surface area contributed by atoms with E-state index in [1.54, 1.807) is 0 Å². The molecule has 16 heavy (non-hydrogen) atoms. The molecule has 1 saturated heterocycles. The summed E-state index contributed by atoms with van der Waals surface area (Å²) in [5.41, 5.74) is 2.38. The fourth-order valence-corrected chi connectivity index (χ4v) is 1.94. The number of carbonyl (C=O) groups excluding carboxylic acids is 1. The van der Waals surface area contributed by atoms with E-state index in [1.165, 1.54) is 11.3 Å². The minimum atomic E-state index is -0.0447. The fraction of sp³-hybridized carbons (Fsp3) is 0.462. The summed E-state index contributed by atoms with van der Waals surface area (Å²) in [7, 11) is 4.03. The Bertz CT molecular complexity index is 370. The first-order valence-corrected chi connectivity index (χ1v) is 5.60. The van der Waals surface area contributed by atoms with E-state index < -0.39 is 0 Å². The van der Waals surface area contributed by atoms with Gasteiger partial charge in [0, 0.05) is 19.8 Å². The number of anilines is 1. The van der Waals surface area contributed by atoms with Gasteiger partial charge in [-0.2, -0.15) is 0 Å². The number of benzene rings is 1. The van der Waals surface area contributed by atoms with Gasteiger partial charge < -0.3 is 9.64 Å². The Morgan fingerprint density at radius 2 is 2.00 bits per heavy atom. The maximum Gasteiger partial charge on any atom is 0.309 e. The van der Waals surface area contributed by atoms with Gasteiger partial charge in [0.1, 0.15) is 0 Å². The zero-order valence-electron chi connectivity index (χ0n) is 9.77. The highest BCUT2D eigenvalue weighted by Crippen LogP contribution is 2.21. The first-order chi connectivity index (χ1) is 7.66. The van der Waals surface area contributed by atoms with Crippen LogP contribution in [0.4, 0.5) is 5.69 Å². The lowest BCUT2D eigenvalue weighted by Crippen LogP contribution is -2.11. The van der Waals surface area contributed by atoms with Gasteiger partial charge in [-0.3, -0.25) is 4.79 Å². The molecular weight excluding hydrogens is 202 g/mol. The number of rotatable bonds is 3. The summed E-state index contributed by atoms with van der Waals surface area (Å²) in [5, 5.41) is 0. The lowest BCUT2D eigenvalue weighted by Gasteiger charge is -2.13. The topological polar surface area (TPSA) is 29.5 Å². The third-order valence-corrected chi connectivity index (χ3v) is 2.98. The van der Waals surface area contributed by atoms with Crippen molar-refractivity contribution in [3.05, 3.63) is 29.8 Å². The summed E-state index contributed by atoms with van der Waals surface area (Å²) in [6.07, 6.45) is 1.65. The predicted octanol–water partition coefficient (Wildman–Crippen LogP) is 1.86. The Kier molecular flexibility index (Phi) is 3.13. The molecule has 86 valence electrons. The van der Waals surface area contributed by atoms with Gasteiger partial charge in [-0.1, -0.05) is 12.1 Å². The molecule has 0 bridgehead atoms. The molecule has 0 saturated carbocycles. The molecule has 2 rings (SSSR count). The van der Waals surface area contributed by atoms with Crippen molar-refractivity contribution in [2.75, 3.05) is 25.6 Å². The Balaban J connectivity index is 2.02. The number of hydrogen-bond donors (Lipinski definition) is 0. The summed E-state index contributed by atoms with van der Waals surface area (Å²) in [6, 6.07) is 8.33. The minimum Gasteiger partial charge on any atom is -0.465 e. The molecule has 1 fully saturated rings. The smallest absolute Gasteiger partial charge is 0.309 e. The molecule has 1 unspecified atom stereocenters. The van der Waals surface area contributed by atoms with Crippen LogP contribution < -0.4 is 4.90 Å². The summed E-state index contributed by atoms with van der Waals surface area (Å²) < 4.78 is 4.95. The quantitative estimate of drug-likeness (QED) is 0.727. The molecule has 0 aliphatic carbocycles. The van der Waals surface area contributed by atoms with Crippen LogP contribution in [0.15, 0.2) is 24.3 Å². The Hall–Kier alpha value is -1.51. The molecule has 1 aliphatic heterocycles. The summed E-state index contributed by atoms with van der Waals surface area (Å²) in [5.74, 6) is 0.0156. The molecule has 0 aromatic heterocycles. The van der Waals surface area contributed by atoms with E-state index in [1.807, 2.05) is 14.1 Å². The molecule has 0 radical (unpaired) electrons. The average Bonchev–Trinajstić information content (AvgIpc) is 2.65. The Morgan fingerprint density at radius 3 is 2.50 bits per heavy atom. The van der Waals surface area contributed by atoms with Crippen LogP contribution in [0.2, 0.25) is 0 Å². The summed E-state index contributed by atoms with van der Waals surface area (Å²) in [6.45, 7) is 0.583. The maximum absolute atomic E-state index is 11.3. The molecule has 3 heteroatoms. The van der Waals surface area contributed by atoms with Crippen molar-refractivity contribution in [2.45, 2.75) is 12.8 Å². The summed E-state index contributed by atoms with van der Waals surface area (Å²) in [4.78, 5) is 13.4. The van der Waals surface area contributed by atoms with Gasteiger partial charge in [-0.25, -0.2) is 0 Å². The number of hydrogen-bond acceptors (Lipinski definition) is 3. The van der Waals surface area contributed by atoms with Gasteiger partial charge >= 0.3 is 5.97 Å². The number of carbonyl (C=O) groups is 1. The number of cyclic esters (lactones) is 1. The molecule has 1 atom stereocenters. The highest BCUT2D eigenvalue weighted by Gasteiger charge is 2.26. The monoisotopic (exact) mass is 219 g/mol. The van der Waals surface area contributed by atoms with Crippen molar-refractivity contribution in [1.29, 1.82) is 0 Å². The van der Waals surface area contributed by atoms with Gasteiger partial charge in [0.25, 0.3) is 0 Å². The SMILES string of the molecule is CN(C)c1ccc(CC2CCOC2=O)cc1. The minimum absolute atomic E-state index is 0.0447. The third-order valence-electron chi connectivity index (χ3n) is 2.98. The first kappa shape index (κ1) is 11.0. The van der Waals surface area contributed by atoms with Gasteiger partial charge in [0.2, 0.25) is 0 Å². The van der Waals surface area contributed by atoms with E-state index in [0.29, 0.717) is 6.61 Å². The van der Waals surface area contributed by atoms with Crippen molar-refractivity contribution in [3.8, 4) is 0 Å². The Labute approximate surface area is 96.0 Å². The second-order valence-corrected chi connectivity index (χ2v) is 4.42. The van der Waals surface area contributed by atoms with Crippen LogP contribution in [-0.2, 0) is 16.0 Å². The van der Waals surface area contributed by atoms with Crippen molar-refractivity contribution < 1.29 is 9.53 Å². The number of esters is 1. The number of ether oxygens (including phenoxy) is 1. The van der Waals surface area contributed by atoms with Crippen molar-refractivity contribution in [1.82, 2.24) is 0 Å². The van der Waals surface area contributed by atoms with Gasteiger partial charge in [-0.15, -0.1) is 0 Å². The lowest BCUT2D eigenvalue weighted by atomic mass is 9.98. The average molecular weight is 219 g/mol. The normalized spacial score (nSPS) is 19.6. The maximum atomic E-state index is 11.3. The van der Waals surface area contributed by atoms with Crippen LogP contribution in [0, 0.1) is 5.92 Å². The zero-order chi connectivity index (χ0) is 11.5. The highest BCUT2D eigenvalue weighted by molar-refractivity contribution is 5.74. The van der Waals surface area contributed by atoms with Gasteiger partial charge in [0.05, 0.1) is 12.5 Å². The molecule has 1 aliphatic rings. The van der Waals surface area contributed by atoms with E-state index in [2.05, 4.69) is 29.2 Å². The molecule has 1 heterocycles. The van der Waals surface area contributed by atoms with E-state index in [9.17, 15) is 4.79 Å². The fourth-order valence-electron chi connectivity index (χ4n) is 1.94. The van der Waals surface area contributed by atoms with Gasteiger partial charge in [-0.05, 0) is 30.5 Å². The molecule has 3 nitrogen and oxygen atoms in total. The Morgan fingerprint density at radius 1 is 1.31 bits per heavy atom. The molecule has 1 aromatic rings. The standard InChI is InChI=1S/C13H17NO2/c1-14(2)12-5-3-10(4-6-12)9-11-7-8-16-13(11)15/h3-6,11H,7-9H2,1-2H3. The molecule has 0 amide bonds. The summed E-state index contributed by atoms with van der Waals surface area (Å²) >= 11 is 0. The highest BCUT2D eigenvalue weighted by atomic mass is 16.5. The van der Waals surface area contributed by atoms with Crippen molar-refractivity contribution in [2.24, 2.45) is 5.92 Å². The van der Waals surface area contributed by atoms with Gasteiger partial charge in [0.15, 0.2) is 0 Å². The molecule has 0 N–H and O–H groups in total. The van der Waals surface area contributed by atoms with E-state index in [4.69, 9.17) is 4.74 Å². The number of nitrogens with zero attached hydrogens (tertiary/aromatic N) is 1. The second-order valence-electron chi connectivity index (χ2n) is 4.42. The van der Waals surface area contributed by atoms with Crippen LogP contribution in [0.1, 0.15) is 12.0 Å². The van der Waals surface area contributed by atoms with E-state index >= 15 is 0 Å². The van der Waals surface area contributed by atoms with Crippen LogP contribution in [0.5, 0.6) is 0 Å². The first-order valence-electron chi connectivity index (χ1n) is 5.60. The third kappa shape index (κ3) is 2.35. The van der Waals surface area contributed by atoms with Crippen LogP contribution in [-0.4, -0.2) is 26.7 Å². The zero-order valence-corrected chi connectivity index (χ0v) is 9.77. The molecule has 0 spiro atoms. The van der Waals surface area contributed by atoms with E-state index in [0.717, 1.165) is 12.8 Å². The molecular formula is C13H17NO2. The van der Waals surface area contributed by atoms with Crippen LogP contribution in [0.3, 0.4) is 0 Å². The largest absolute Gasteiger partial charge is 0.465 e. The second kappa shape index (κ2) is 4.56. The molecule has 1 aromatic carbocycles. The van der Waals surface area contributed by atoms with Crippen molar-refractivity contribution in [3.63, 3.8) is 0 Å². The lowest BCUT2D eigenvalue weighted by molar-refractivity contribution is -0.141. The van der Waals surface area contributed by atoms with Crippen LogP contribution in [0.25, 0.3) is 0 Å².